The third kappa shape index (κ3) is 5.52. The highest BCUT2D eigenvalue weighted by molar-refractivity contribution is 7.92. The lowest BCUT2D eigenvalue weighted by Gasteiger charge is -2.23. The molecule has 5 nitrogen and oxygen atoms in total. The first-order valence-corrected chi connectivity index (χ1v) is 9.76. The van der Waals surface area contributed by atoms with E-state index in [1.807, 2.05) is 31.2 Å². The smallest absolute Gasteiger partial charge is 0.232 e. The van der Waals surface area contributed by atoms with E-state index in [1.165, 1.54) is 0 Å². The van der Waals surface area contributed by atoms with Crippen molar-refractivity contribution in [3.8, 4) is 0 Å². The van der Waals surface area contributed by atoms with Crippen LogP contribution >= 0.6 is 0 Å². The molecule has 0 aliphatic rings. The minimum absolute atomic E-state index is 0.00542. The van der Waals surface area contributed by atoms with Gasteiger partial charge in [-0.05, 0) is 24.6 Å². The SMILES string of the molecule is Cc1cccc(CC(=O)NCCN(c2ccc(F)cc2F)S(C)(=O)=O)c1. The van der Waals surface area contributed by atoms with Gasteiger partial charge in [-0.2, -0.15) is 0 Å². The summed E-state index contributed by atoms with van der Waals surface area (Å²) in [6.07, 6.45) is 1.08. The first-order valence-electron chi connectivity index (χ1n) is 7.92. The summed E-state index contributed by atoms with van der Waals surface area (Å²) in [5.41, 5.74) is 1.61. The number of nitrogens with one attached hydrogen (secondary N) is 1. The van der Waals surface area contributed by atoms with Crippen molar-refractivity contribution >= 4 is 21.6 Å². The van der Waals surface area contributed by atoms with Crippen LogP contribution in [0.5, 0.6) is 0 Å². The molecule has 8 heteroatoms. The molecule has 26 heavy (non-hydrogen) atoms. The van der Waals surface area contributed by atoms with Gasteiger partial charge in [-0.1, -0.05) is 29.8 Å². The largest absolute Gasteiger partial charge is 0.354 e. The zero-order valence-electron chi connectivity index (χ0n) is 14.5. The number of nitrogens with zero attached hydrogens (tertiary/aromatic N) is 1. The Kier molecular flexibility index (Phi) is 6.31. The molecule has 1 N–H and O–H groups in total. The Hall–Kier alpha value is -2.48. The lowest BCUT2D eigenvalue weighted by molar-refractivity contribution is -0.120. The Labute approximate surface area is 151 Å². The van der Waals surface area contributed by atoms with Gasteiger partial charge in [-0.3, -0.25) is 9.10 Å². The van der Waals surface area contributed by atoms with Gasteiger partial charge in [0.2, 0.25) is 15.9 Å². The van der Waals surface area contributed by atoms with Crippen LogP contribution in [0.1, 0.15) is 11.1 Å². The van der Waals surface area contributed by atoms with E-state index < -0.39 is 21.7 Å². The number of rotatable bonds is 7. The molecule has 0 saturated heterocycles. The highest BCUT2D eigenvalue weighted by Crippen LogP contribution is 2.22. The second kappa shape index (κ2) is 8.27. The third-order valence-corrected chi connectivity index (χ3v) is 4.84. The molecule has 0 bridgehead atoms. The molecule has 0 heterocycles. The van der Waals surface area contributed by atoms with E-state index >= 15 is 0 Å². The summed E-state index contributed by atoms with van der Waals surface area (Å²) in [6.45, 7) is 1.75. The fourth-order valence-electron chi connectivity index (χ4n) is 2.52. The maximum atomic E-state index is 13.9. The summed E-state index contributed by atoms with van der Waals surface area (Å²) < 4.78 is 51.6. The van der Waals surface area contributed by atoms with E-state index in [0.29, 0.717) is 6.07 Å². The average molecular weight is 382 g/mol. The number of hydrogen-bond donors (Lipinski definition) is 1. The van der Waals surface area contributed by atoms with Crippen LogP contribution in [0, 0.1) is 18.6 Å². The van der Waals surface area contributed by atoms with Crippen LogP contribution in [0.4, 0.5) is 14.5 Å². The molecule has 2 rings (SSSR count). The summed E-state index contributed by atoms with van der Waals surface area (Å²) >= 11 is 0. The molecule has 2 aromatic carbocycles. The van der Waals surface area contributed by atoms with Gasteiger partial charge in [0, 0.05) is 12.6 Å². The fourth-order valence-corrected chi connectivity index (χ4v) is 3.44. The van der Waals surface area contributed by atoms with Gasteiger partial charge in [0.05, 0.1) is 24.9 Å². The van der Waals surface area contributed by atoms with Crippen LogP contribution in [-0.2, 0) is 21.2 Å². The lowest BCUT2D eigenvalue weighted by Crippen LogP contribution is -2.39. The van der Waals surface area contributed by atoms with Crippen molar-refractivity contribution in [1.82, 2.24) is 5.32 Å². The minimum atomic E-state index is -3.80. The summed E-state index contributed by atoms with van der Waals surface area (Å²) in [7, 11) is -3.80. The topological polar surface area (TPSA) is 66.5 Å². The number of sulfonamides is 1. The van der Waals surface area contributed by atoms with Crippen molar-refractivity contribution in [2.45, 2.75) is 13.3 Å². The van der Waals surface area contributed by atoms with E-state index in [9.17, 15) is 22.0 Å². The zero-order chi connectivity index (χ0) is 19.3. The van der Waals surface area contributed by atoms with Crippen LogP contribution in [0.25, 0.3) is 0 Å². The molecule has 0 aliphatic heterocycles. The minimum Gasteiger partial charge on any atom is -0.354 e. The predicted octanol–water partition coefficient (Wildman–Crippen LogP) is 2.40. The standard InChI is InChI=1S/C18H20F2N2O3S/c1-13-4-3-5-14(10-13)11-18(23)21-8-9-22(26(2,24)25)17-7-6-15(19)12-16(17)20/h3-7,10,12H,8-9,11H2,1-2H3,(H,21,23). The monoisotopic (exact) mass is 382 g/mol. The van der Waals surface area contributed by atoms with Gasteiger partial charge in [0.15, 0.2) is 0 Å². The first-order chi connectivity index (χ1) is 12.2. The van der Waals surface area contributed by atoms with Gasteiger partial charge in [-0.25, -0.2) is 17.2 Å². The highest BCUT2D eigenvalue weighted by Gasteiger charge is 2.21. The van der Waals surface area contributed by atoms with Crippen LogP contribution in [0.3, 0.4) is 0 Å². The van der Waals surface area contributed by atoms with Gasteiger partial charge in [0.1, 0.15) is 11.6 Å². The summed E-state index contributed by atoms with van der Waals surface area (Å²) in [5.74, 6) is -2.06. The molecule has 0 atom stereocenters. The van der Waals surface area contributed by atoms with Crippen LogP contribution in [0.2, 0.25) is 0 Å². The van der Waals surface area contributed by atoms with Crippen molar-refractivity contribution in [2.24, 2.45) is 0 Å². The van der Waals surface area contributed by atoms with Gasteiger partial charge in [-0.15, -0.1) is 0 Å². The summed E-state index contributed by atoms with van der Waals surface area (Å²) in [5, 5.41) is 2.61. The fraction of sp³-hybridized carbons (Fsp3) is 0.278. The third-order valence-electron chi connectivity index (χ3n) is 3.66. The van der Waals surface area contributed by atoms with Gasteiger partial charge >= 0.3 is 0 Å². The zero-order valence-corrected chi connectivity index (χ0v) is 15.3. The Morgan fingerprint density at radius 2 is 1.88 bits per heavy atom. The molecule has 0 saturated carbocycles. The van der Waals surface area contributed by atoms with Crippen molar-refractivity contribution in [3.63, 3.8) is 0 Å². The van der Waals surface area contributed by atoms with Crippen molar-refractivity contribution < 1.29 is 22.0 Å². The number of benzene rings is 2. The van der Waals surface area contributed by atoms with Crippen LogP contribution < -0.4 is 9.62 Å². The first kappa shape index (κ1) is 19.8. The van der Waals surface area contributed by atoms with Gasteiger partial charge in [0.25, 0.3) is 0 Å². The number of amides is 1. The van der Waals surface area contributed by atoms with Crippen molar-refractivity contribution in [2.75, 3.05) is 23.7 Å². The Morgan fingerprint density at radius 3 is 2.50 bits per heavy atom. The van der Waals surface area contributed by atoms with Crippen molar-refractivity contribution in [1.29, 1.82) is 0 Å². The maximum absolute atomic E-state index is 13.9. The number of anilines is 1. The Bertz CT molecular complexity index is 901. The maximum Gasteiger partial charge on any atom is 0.232 e. The van der Waals surface area contributed by atoms with Crippen LogP contribution in [-0.4, -0.2) is 33.7 Å². The Morgan fingerprint density at radius 1 is 1.15 bits per heavy atom. The lowest BCUT2D eigenvalue weighted by atomic mass is 10.1. The number of aryl methyl sites for hydroxylation is 1. The second-order valence-electron chi connectivity index (χ2n) is 5.95. The molecule has 0 radical (unpaired) electrons. The number of carbonyl (C=O) groups is 1. The molecule has 0 aromatic heterocycles. The molecule has 140 valence electrons. The Balaban J connectivity index is 2.01. The number of hydrogen-bond acceptors (Lipinski definition) is 3. The van der Waals surface area contributed by atoms with E-state index in [4.69, 9.17) is 0 Å². The number of carbonyl (C=O) groups excluding carboxylic acids is 1. The quantitative estimate of drug-likeness (QED) is 0.800. The molecule has 0 aliphatic carbocycles. The predicted molar refractivity (Wildman–Crippen MR) is 96.4 cm³/mol. The van der Waals surface area contributed by atoms with Crippen molar-refractivity contribution in [3.05, 3.63) is 65.2 Å². The van der Waals surface area contributed by atoms with E-state index in [0.717, 1.165) is 33.8 Å². The summed E-state index contributed by atoms with van der Waals surface area (Å²) in [6, 6.07) is 10.1. The van der Waals surface area contributed by atoms with E-state index in [-0.39, 0.29) is 31.1 Å². The highest BCUT2D eigenvalue weighted by atomic mass is 32.2. The molecule has 0 spiro atoms. The molecule has 0 fully saturated rings. The number of halogens is 2. The molecular formula is C18H20F2N2O3S. The molecule has 0 unspecified atom stereocenters. The summed E-state index contributed by atoms with van der Waals surface area (Å²) in [4.78, 5) is 12.0. The normalized spacial score (nSPS) is 11.2. The van der Waals surface area contributed by atoms with E-state index in [2.05, 4.69) is 5.32 Å². The molecule has 2 aromatic rings. The average Bonchev–Trinajstić information content (AvgIpc) is 2.51. The molecule has 1 amide bonds. The van der Waals surface area contributed by atoms with E-state index in [1.54, 1.807) is 0 Å². The van der Waals surface area contributed by atoms with Gasteiger partial charge < -0.3 is 5.32 Å². The van der Waals surface area contributed by atoms with Crippen LogP contribution in [0.15, 0.2) is 42.5 Å². The molecular weight excluding hydrogens is 362 g/mol. The second-order valence-corrected chi connectivity index (χ2v) is 7.85.